The molecule has 0 rings (SSSR count). The molecule has 0 aliphatic heterocycles. The van der Waals surface area contributed by atoms with Gasteiger partial charge >= 0.3 is 5.97 Å². The highest BCUT2D eigenvalue weighted by Gasteiger charge is 2.18. The average Bonchev–Trinajstić information content (AvgIpc) is 2.16. The number of carbonyl (C=O) groups excluding carboxylic acids is 1. The van der Waals surface area contributed by atoms with Crippen LogP contribution in [-0.2, 0) is 14.3 Å². The molecule has 0 radical (unpaired) electrons. The van der Waals surface area contributed by atoms with Crippen LogP contribution in [0.1, 0.15) is 33.6 Å². The van der Waals surface area contributed by atoms with Gasteiger partial charge in [0, 0.05) is 13.5 Å². The molecular weight excluding hydrogens is 222 g/mol. The predicted molar refractivity (Wildman–Crippen MR) is 64.7 cm³/mol. The quantitative estimate of drug-likeness (QED) is 0.675. The number of carbonyl (C=O) groups is 2. The molecule has 2 atom stereocenters. The fourth-order valence-corrected chi connectivity index (χ4v) is 1.75. The molecule has 0 heterocycles. The molecule has 5 heteroatoms. The minimum absolute atomic E-state index is 0.0130. The van der Waals surface area contributed by atoms with Crippen molar-refractivity contribution in [2.75, 3.05) is 13.7 Å². The summed E-state index contributed by atoms with van der Waals surface area (Å²) < 4.78 is 4.72. The zero-order valence-electron chi connectivity index (χ0n) is 11.0. The molecule has 0 aromatic rings. The molecule has 100 valence electrons. The van der Waals surface area contributed by atoms with E-state index < -0.39 is 12.1 Å². The molecule has 2 N–H and O–H groups in total. The molecule has 0 spiro atoms. The number of rotatable bonds is 8. The fraction of sp³-hybridized carbons (Fsp3) is 0.833. The molecule has 0 aromatic heterocycles. The molecule has 0 saturated carbocycles. The molecule has 0 aliphatic rings. The van der Waals surface area contributed by atoms with Gasteiger partial charge in [-0.15, -0.1) is 0 Å². The van der Waals surface area contributed by atoms with Crippen LogP contribution < -0.4 is 5.32 Å². The Morgan fingerprint density at radius 1 is 1.29 bits per heavy atom. The third-order valence-corrected chi connectivity index (χ3v) is 2.45. The number of methoxy groups -OCH3 is 1. The van der Waals surface area contributed by atoms with Gasteiger partial charge < -0.3 is 15.2 Å². The zero-order chi connectivity index (χ0) is 13.4. The summed E-state index contributed by atoms with van der Waals surface area (Å²) in [5, 5.41) is 11.3. The van der Waals surface area contributed by atoms with Crippen LogP contribution in [0, 0.1) is 11.8 Å². The van der Waals surface area contributed by atoms with Gasteiger partial charge in [0.15, 0.2) is 6.10 Å². The second kappa shape index (κ2) is 8.06. The predicted octanol–water partition coefficient (Wildman–Crippen LogP) is 1.27. The maximum Gasteiger partial charge on any atom is 0.334 e. The maximum atomic E-state index is 11.5. The van der Waals surface area contributed by atoms with Crippen molar-refractivity contribution in [3.8, 4) is 0 Å². The molecular formula is C12H23NO4. The van der Waals surface area contributed by atoms with Crippen molar-refractivity contribution in [3.63, 3.8) is 0 Å². The summed E-state index contributed by atoms with van der Waals surface area (Å²) in [5.74, 6) is -0.325. The average molecular weight is 245 g/mol. The number of nitrogens with one attached hydrogen (secondary N) is 1. The number of carboxylic acids is 1. The van der Waals surface area contributed by atoms with Gasteiger partial charge in [-0.3, -0.25) is 4.79 Å². The van der Waals surface area contributed by atoms with Crippen molar-refractivity contribution in [2.24, 2.45) is 11.8 Å². The Balaban J connectivity index is 3.90. The number of ether oxygens (including phenoxy) is 1. The molecule has 2 unspecified atom stereocenters. The van der Waals surface area contributed by atoms with Gasteiger partial charge in [-0.2, -0.15) is 0 Å². The van der Waals surface area contributed by atoms with E-state index >= 15 is 0 Å². The number of carboxylic acid groups (broad SMARTS) is 1. The second-order valence-electron chi connectivity index (χ2n) is 4.81. The highest BCUT2D eigenvalue weighted by atomic mass is 16.5. The first kappa shape index (κ1) is 15.9. The van der Waals surface area contributed by atoms with Crippen LogP contribution in [0.4, 0.5) is 0 Å². The number of aliphatic carboxylic acids is 1. The van der Waals surface area contributed by atoms with Gasteiger partial charge in [0.25, 0.3) is 0 Å². The fourth-order valence-electron chi connectivity index (χ4n) is 1.75. The lowest BCUT2D eigenvalue weighted by molar-refractivity contribution is -0.148. The first-order chi connectivity index (χ1) is 7.86. The lowest BCUT2D eigenvalue weighted by atomic mass is 9.96. The lowest BCUT2D eigenvalue weighted by Crippen LogP contribution is -2.38. The zero-order valence-corrected chi connectivity index (χ0v) is 11.0. The van der Waals surface area contributed by atoms with E-state index in [1.165, 1.54) is 7.11 Å². The minimum atomic E-state index is -1.07. The van der Waals surface area contributed by atoms with Crippen molar-refractivity contribution in [1.29, 1.82) is 0 Å². The van der Waals surface area contributed by atoms with E-state index in [1.54, 1.807) is 0 Å². The highest BCUT2D eigenvalue weighted by molar-refractivity contribution is 5.78. The van der Waals surface area contributed by atoms with E-state index in [0.717, 1.165) is 6.42 Å². The topological polar surface area (TPSA) is 75.6 Å². The Hall–Kier alpha value is -1.10. The maximum absolute atomic E-state index is 11.5. The lowest BCUT2D eigenvalue weighted by Gasteiger charge is -2.15. The standard InChI is InChI=1S/C12H23NO4/c1-8(2)5-9(3)6-11(14)13-7-10(17-4)12(15)16/h8-10H,5-7H2,1-4H3,(H,13,14)(H,15,16). The van der Waals surface area contributed by atoms with E-state index in [-0.39, 0.29) is 12.5 Å². The van der Waals surface area contributed by atoms with Crippen LogP contribution in [0.25, 0.3) is 0 Å². The Labute approximate surface area is 103 Å². The van der Waals surface area contributed by atoms with E-state index in [9.17, 15) is 9.59 Å². The van der Waals surface area contributed by atoms with Crippen molar-refractivity contribution >= 4 is 11.9 Å². The monoisotopic (exact) mass is 245 g/mol. The Morgan fingerprint density at radius 3 is 2.29 bits per heavy atom. The van der Waals surface area contributed by atoms with Crippen molar-refractivity contribution in [3.05, 3.63) is 0 Å². The molecule has 0 saturated heterocycles. The number of amides is 1. The SMILES string of the molecule is COC(CNC(=O)CC(C)CC(C)C)C(=O)O. The Kier molecular flexibility index (Phi) is 7.54. The van der Waals surface area contributed by atoms with Crippen LogP contribution in [0.3, 0.4) is 0 Å². The summed E-state index contributed by atoms with van der Waals surface area (Å²) in [6.07, 6.45) is 0.438. The molecule has 17 heavy (non-hydrogen) atoms. The van der Waals surface area contributed by atoms with Gasteiger partial charge in [0.2, 0.25) is 5.91 Å². The summed E-state index contributed by atoms with van der Waals surface area (Å²) >= 11 is 0. The summed E-state index contributed by atoms with van der Waals surface area (Å²) in [7, 11) is 1.31. The van der Waals surface area contributed by atoms with Crippen LogP contribution in [0.5, 0.6) is 0 Å². The molecule has 5 nitrogen and oxygen atoms in total. The van der Waals surface area contributed by atoms with Gasteiger partial charge in [0.05, 0.1) is 6.54 Å². The second-order valence-corrected chi connectivity index (χ2v) is 4.81. The van der Waals surface area contributed by atoms with E-state index in [2.05, 4.69) is 19.2 Å². The molecule has 0 fully saturated rings. The third kappa shape index (κ3) is 7.74. The van der Waals surface area contributed by atoms with Crippen LogP contribution in [0.2, 0.25) is 0 Å². The first-order valence-electron chi connectivity index (χ1n) is 5.89. The summed E-state index contributed by atoms with van der Waals surface area (Å²) in [6.45, 7) is 6.25. The van der Waals surface area contributed by atoms with Crippen molar-refractivity contribution in [2.45, 2.75) is 39.7 Å². The van der Waals surface area contributed by atoms with Gasteiger partial charge in [-0.05, 0) is 18.3 Å². The largest absolute Gasteiger partial charge is 0.479 e. The number of hydrogen-bond donors (Lipinski definition) is 2. The summed E-state index contributed by atoms with van der Waals surface area (Å²) in [4.78, 5) is 22.2. The van der Waals surface area contributed by atoms with Gasteiger partial charge in [-0.1, -0.05) is 20.8 Å². The van der Waals surface area contributed by atoms with Crippen molar-refractivity contribution in [1.82, 2.24) is 5.32 Å². The van der Waals surface area contributed by atoms with Crippen LogP contribution in [-0.4, -0.2) is 36.7 Å². The summed E-state index contributed by atoms with van der Waals surface area (Å²) in [5.41, 5.74) is 0. The molecule has 0 aliphatic carbocycles. The summed E-state index contributed by atoms with van der Waals surface area (Å²) in [6, 6.07) is 0. The normalized spacial score (nSPS) is 14.4. The Bertz CT molecular complexity index is 253. The van der Waals surface area contributed by atoms with Crippen LogP contribution in [0.15, 0.2) is 0 Å². The van der Waals surface area contributed by atoms with Crippen molar-refractivity contribution < 1.29 is 19.4 Å². The van der Waals surface area contributed by atoms with Gasteiger partial charge in [-0.25, -0.2) is 4.79 Å². The smallest absolute Gasteiger partial charge is 0.334 e. The van der Waals surface area contributed by atoms with E-state index in [4.69, 9.17) is 9.84 Å². The van der Waals surface area contributed by atoms with E-state index in [0.29, 0.717) is 18.3 Å². The molecule has 0 aromatic carbocycles. The Morgan fingerprint density at radius 2 is 1.88 bits per heavy atom. The minimum Gasteiger partial charge on any atom is -0.479 e. The molecule has 1 amide bonds. The van der Waals surface area contributed by atoms with Gasteiger partial charge in [0.1, 0.15) is 0 Å². The molecule has 0 bridgehead atoms. The van der Waals surface area contributed by atoms with Crippen LogP contribution >= 0.6 is 0 Å². The number of hydrogen-bond acceptors (Lipinski definition) is 3. The van der Waals surface area contributed by atoms with E-state index in [1.807, 2.05) is 6.92 Å². The first-order valence-corrected chi connectivity index (χ1v) is 5.89. The third-order valence-electron chi connectivity index (χ3n) is 2.45. The highest BCUT2D eigenvalue weighted by Crippen LogP contribution is 2.14.